The Kier molecular flexibility index (Phi) is 4.40. The zero-order chi connectivity index (χ0) is 15.6. The van der Waals surface area contributed by atoms with Crippen LogP contribution in [-0.4, -0.2) is 23.2 Å². The van der Waals surface area contributed by atoms with Gasteiger partial charge in [0.25, 0.3) is 0 Å². The maximum Gasteiger partial charge on any atom is 0.241 e. The molecule has 1 aromatic carbocycles. The van der Waals surface area contributed by atoms with Gasteiger partial charge in [0.15, 0.2) is 0 Å². The van der Waals surface area contributed by atoms with Gasteiger partial charge in [-0.3, -0.25) is 4.68 Å². The standard InChI is InChI=1S/C13H16N4O2S2/c1-9-3-4-11(13(14)20)5-12(9)21(18,19)16-7-10-6-15-17(2)8-10/h3-6,8,16H,7H2,1-2H3,(H2,14,20). The molecular formula is C13H16N4O2S2. The first kappa shape index (κ1) is 15.6. The van der Waals surface area contributed by atoms with Crippen molar-refractivity contribution in [1.82, 2.24) is 14.5 Å². The van der Waals surface area contributed by atoms with E-state index < -0.39 is 10.0 Å². The van der Waals surface area contributed by atoms with E-state index in [2.05, 4.69) is 9.82 Å². The summed E-state index contributed by atoms with van der Waals surface area (Å²) in [5.41, 5.74) is 7.49. The van der Waals surface area contributed by atoms with E-state index in [1.165, 1.54) is 6.07 Å². The molecule has 112 valence electrons. The molecule has 0 amide bonds. The van der Waals surface area contributed by atoms with Crippen LogP contribution in [0.4, 0.5) is 0 Å². The van der Waals surface area contributed by atoms with E-state index in [1.54, 1.807) is 43.2 Å². The summed E-state index contributed by atoms with van der Waals surface area (Å²) in [4.78, 5) is 0.343. The van der Waals surface area contributed by atoms with Crippen LogP contribution in [0.5, 0.6) is 0 Å². The number of nitrogens with zero attached hydrogens (tertiary/aromatic N) is 2. The zero-order valence-electron chi connectivity index (χ0n) is 11.7. The summed E-state index contributed by atoms with van der Waals surface area (Å²) in [5, 5.41) is 3.99. The minimum Gasteiger partial charge on any atom is -0.389 e. The van der Waals surface area contributed by atoms with Gasteiger partial charge in [-0.15, -0.1) is 0 Å². The number of aromatic nitrogens is 2. The predicted octanol–water partition coefficient (Wildman–Crippen LogP) is 0.841. The van der Waals surface area contributed by atoms with Gasteiger partial charge in [0.05, 0.1) is 11.1 Å². The highest BCUT2D eigenvalue weighted by atomic mass is 32.2. The van der Waals surface area contributed by atoms with E-state index in [4.69, 9.17) is 18.0 Å². The third-order valence-corrected chi connectivity index (χ3v) is 4.77. The highest BCUT2D eigenvalue weighted by Gasteiger charge is 2.18. The quantitative estimate of drug-likeness (QED) is 0.796. The molecule has 8 heteroatoms. The van der Waals surface area contributed by atoms with Crippen LogP contribution >= 0.6 is 12.2 Å². The second-order valence-electron chi connectivity index (χ2n) is 4.69. The first-order valence-electron chi connectivity index (χ1n) is 6.17. The number of rotatable bonds is 5. The molecule has 0 aliphatic rings. The molecule has 0 saturated carbocycles. The maximum atomic E-state index is 12.4. The Hall–Kier alpha value is -1.77. The van der Waals surface area contributed by atoms with Crippen molar-refractivity contribution < 1.29 is 8.42 Å². The van der Waals surface area contributed by atoms with Crippen molar-refractivity contribution in [2.45, 2.75) is 18.4 Å². The minimum absolute atomic E-state index is 0.165. The molecule has 0 atom stereocenters. The topological polar surface area (TPSA) is 90.0 Å². The van der Waals surface area contributed by atoms with Crippen LogP contribution in [-0.2, 0) is 23.6 Å². The predicted molar refractivity (Wildman–Crippen MR) is 84.3 cm³/mol. The van der Waals surface area contributed by atoms with E-state index in [0.717, 1.165) is 5.56 Å². The molecule has 0 aliphatic heterocycles. The number of aryl methyl sites for hydroxylation is 2. The monoisotopic (exact) mass is 324 g/mol. The fourth-order valence-corrected chi connectivity index (χ4v) is 3.28. The first-order valence-corrected chi connectivity index (χ1v) is 8.06. The number of benzene rings is 1. The fourth-order valence-electron chi connectivity index (χ4n) is 1.86. The lowest BCUT2D eigenvalue weighted by Crippen LogP contribution is -2.24. The summed E-state index contributed by atoms with van der Waals surface area (Å²) >= 11 is 4.88. The third kappa shape index (κ3) is 3.66. The van der Waals surface area contributed by atoms with Gasteiger partial charge in [0, 0.05) is 30.9 Å². The molecule has 0 aliphatic carbocycles. The SMILES string of the molecule is Cc1ccc(C(N)=S)cc1S(=O)(=O)NCc1cnn(C)c1. The number of nitrogens with one attached hydrogen (secondary N) is 1. The Morgan fingerprint density at radius 3 is 2.76 bits per heavy atom. The molecule has 0 fully saturated rings. The van der Waals surface area contributed by atoms with Crippen LogP contribution < -0.4 is 10.5 Å². The van der Waals surface area contributed by atoms with Gasteiger partial charge in [-0.05, 0) is 18.6 Å². The lowest BCUT2D eigenvalue weighted by molar-refractivity contribution is 0.580. The van der Waals surface area contributed by atoms with E-state index in [9.17, 15) is 8.42 Å². The molecule has 0 spiro atoms. The molecule has 6 nitrogen and oxygen atoms in total. The van der Waals surface area contributed by atoms with Crippen LogP contribution in [0.3, 0.4) is 0 Å². The molecule has 0 saturated heterocycles. The van der Waals surface area contributed by atoms with Gasteiger partial charge in [0.1, 0.15) is 4.99 Å². The van der Waals surface area contributed by atoms with Gasteiger partial charge >= 0.3 is 0 Å². The summed E-state index contributed by atoms with van der Waals surface area (Å²) in [5.74, 6) is 0. The largest absolute Gasteiger partial charge is 0.389 e. The second kappa shape index (κ2) is 5.92. The van der Waals surface area contributed by atoms with Crippen LogP contribution in [0.15, 0.2) is 35.5 Å². The molecular weight excluding hydrogens is 308 g/mol. The van der Waals surface area contributed by atoms with Crippen molar-refractivity contribution in [3.05, 3.63) is 47.3 Å². The van der Waals surface area contributed by atoms with Crippen LogP contribution in [0, 0.1) is 6.92 Å². The molecule has 2 rings (SSSR count). The fraction of sp³-hybridized carbons (Fsp3) is 0.231. The number of hydrogen-bond acceptors (Lipinski definition) is 4. The number of sulfonamides is 1. The van der Waals surface area contributed by atoms with Crippen molar-refractivity contribution in [1.29, 1.82) is 0 Å². The lowest BCUT2D eigenvalue weighted by atomic mass is 10.1. The van der Waals surface area contributed by atoms with Gasteiger partial charge in [-0.2, -0.15) is 5.10 Å². The van der Waals surface area contributed by atoms with Gasteiger partial charge in [0.2, 0.25) is 10.0 Å². The summed E-state index contributed by atoms with van der Waals surface area (Å²) < 4.78 is 28.9. The zero-order valence-corrected chi connectivity index (χ0v) is 13.3. The van der Waals surface area contributed by atoms with Crippen LogP contribution in [0.1, 0.15) is 16.7 Å². The molecule has 0 radical (unpaired) electrons. The Labute approximate surface area is 129 Å². The summed E-state index contributed by atoms with van der Waals surface area (Å²) in [6.45, 7) is 1.90. The molecule has 1 aromatic heterocycles. The number of thiocarbonyl (C=S) groups is 1. The third-order valence-electron chi connectivity index (χ3n) is 2.99. The second-order valence-corrected chi connectivity index (χ2v) is 6.87. The number of hydrogen-bond donors (Lipinski definition) is 2. The molecule has 1 heterocycles. The van der Waals surface area contributed by atoms with E-state index in [1.807, 2.05) is 0 Å². The molecule has 21 heavy (non-hydrogen) atoms. The highest BCUT2D eigenvalue weighted by molar-refractivity contribution is 7.89. The van der Waals surface area contributed by atoms with Gasteiger partial charge < -0.3 is 5.73 Å². The Bertz CT molecular complexity index is 781. The first-order chi connectivity index (χ1) is 9.79. The van der Waals surface area contributed by atoms with Crippen molar-refractivity contribution in [3.8, 4) is 0 Å². The van der Waals surface area contributed by atoms with Crippen LogP contribution in [0.2, 0.25) is 0 Å². The molecule has 2 aromatic rings. The van der Waals surface area contributed by atoms with Crippen molar-refractivity contribution in [3.63, 3.8) is 0 Å². The van der Waals surface area contributed by atoms with E-state index >= 15 is 0 Å². The normalized spacial score (nSPS) is 11.5. The summed E-state index contributed by atoms with van der Waals surface area (Å²) in [6, 6.07) is 4.88. The average Bonchev–Trinajstić information content (AvgIpc) is 2.82. The number of nitrogens with two attached hydrogens (primary N) is 1. The Morgan fingerprint density at radius 1 is 1.48 bits per heavy atom. The maximum absolute atomic E-state index is 12.4. The van der Waals surface area contributed by atoms with Crippen molar-refractivity contribution >= 4 is 27.2 Å². The highest BCUT2D eigenvalue weighted by Crippen LogP contribution is 2.17. The molecule has 3 N–H and O–H groups in total. The molecule has 0 bridgehead atoms. The van der Waals surface area contributed by atoms with Gasteiger partial charge in [-0.25, -0.2) is 13.1 Å². The Balaban J connectivity index is 2.26. The van der Waals surface area contributed by atoms with E-state index in [-0.39, 0.29) is 16.4 Å². The van der Waals surface area contributed by atoms with Crippen molar-refractivity contribution in [2.75, 3.05) is 0 Å². The Morgan fingerprint density at radius 2 is 2.19 bits per heavy atom. The van der Waals surface area contributed by atoms with Crippen molar-refractivity contribution in [2.24, 2.45) is 12.8 Å². The van der Waals surface area contributed by atoms with E-state index in [0.29, 0.717) is 11.1 Å². The van der Waals surface area contributed by atoms with Gasteiger partial charge in [-0.1, -0.05) is 24.4 Å². The summed E-state index contributed by atoms with van der Waals surface area (Å²) in [6.07, 6.45) is 3.36. The minimum atomic E-state index is -3.64. The molecule has 0 unspecified atom stereocenters. The smallest absolute Gasteiger partial charge is 0.241 e. The van der Waals surface area contributed by atoms with Crippen LogP contribution in [0.25, 0.3) is 0 Å². The summed E-state index contributed by atoms with van der Waals surface area (Å²) in [7, 11) is -1.87. The average molecular weight is 324 g/mol. The lowest BCUT2D eigenvalue weighted by Gasteiger charge is -2.10.